The van der Waals surface area contributed by atoms with Crippen molar-refractivity contribution < 1.29 is 4.42 Å². The highest BCUT2D eigenvalue weighted by Gasteiger charge is 2.41. The van der Waals surface area contributed by atoms with Gasteiger partial charge < -0.3 is 19.2 Å². The van der Waals surface area contributed by atoms with Gasteiger partial charge in [-0.15, -0.1) is 0 Å². The predicted octanol–water partition coefficient (Wildman–Crippen LogP) is 6.13. The average molecular weight is 471 g/mol. The van der Waals surface area contributed by atoms with Gasteiger partial charge in [0.1, 0.15) is 5.76 Å². The Morgan fingerprint density at radius 2 is 1.91 bits per heavy atom. The lowest BCUT2D eigenvalue weighted by atomic mass is 9.96. The molecule has 1 fully saturated rings. The SMILES string of the molecule is CCc1cccc(C)c1-n1c(C)cc(C2C(c3ccccn3)NC(=S)N2Cc2ccco2)c1C. The molecular weight excluding hydrogens is 440 g/mol. The Bertz CT molecular complexity index is 1310. The lowest BCUT2D eigenvalue weighted by Gasteiger charge is -2.27. The van der Waals surface area contributed by atoms with Gasteiger partial charge in [0.15, 0.2) is 5.11 Å². The second kappa shape index (κ2) is 9.11. The minimum Gasteiger partial charge on any atom is -0.467 e. The summed E-state index contributed by atoms with van der Waals surface area (Å²) in [4.78, 5) is 6.92. The van der Waals surface area contributed by atoms with E-state index in [-0.39, 0.29) is 12.1 Å². The summed E-state index contributed by atoms with van der Waals surface area (Å²) in [5.74, 6) is 0.886. The molecule has 34 heavy (non-hydrogen) atoms. The van der Waals surface area contributed by atoms with Gasteiger partial charge in [-0.3, -0.25) is 4.98 Å². The second-order valence-corrected chi connectivity index (χ2v) is 9.32. The zero-order valence-electron chi connectivity index (χ0n) is 20.1. The molecule has 1 N–H and O–H groups in total. The maximum absolute atomic E-state index is 5.84. The highest BCUT2D eigenvalue weighted by atomic mass is 32.1. The lowest BCUT2D eigenvalue weighted by molar-refractivity contribution is 0.286. The molecule has 3 aromatic heterocycles. The number of nitrogens with zero attached hydrogens (tertiary/aromatic N) is 3. The molecule has 174 valence electrons. The van der Waals surface area contributed by atoms with Crippen LogP contribution < -0.4 is 5.32 Å². The number of aromatic nitrogens is 2. The van der Waals surface area contributed by atoms with Gasteiger partial charge in [0.25, 0.3) is 0 Å². The van der Waals surface area contributed by atoms with E-state index in [1.807, 2.05) is 30.5 Å². The Morgan fingerprint density at radius 3 is 2.62 bits per heavy atom. The van der Waals surface area contributed by atoms with E-state index < -0.39 is 0 Å². The van der Waals surface area contributed by atoms with Gasteiger partial charge in [-0.1, -0.05) is 31.2 Å². The first-order chi connectivity index (χ1) is 16.5. The number of benzene rings is 1. The highest BCUT2D eigenvalue weighted by molar-refractivity contribution is 7.80. The number of nitrogens with one attached hydrogen (secondary N) is 1. The van der Waals surface area contributed by atoms with Crippen LogP contribution in [0.1, 0.15) is 58.5 Å². The molecule has 2 unspecified atom stereocenters. The molecule has 4 heterocycles. The van der Waals surface area contributed by atoms with Crippen LogP contribution in [0.15, 0.2) is 71.5 Å². The zero-order chi connectivity index (χ0) is 23.8. The molecule has 4 aromatic rings. The maximum Gasteiger partial charge on any atom is 0.170 e. The molecule has 1 saturated heterocycles. The normalized spacial score (nSPS) is 17.9. The van der Waals surface area contributed by atoms with Crippen LogP contribution in [0.2, 0.25) is 0 Å². The molecule has 0 amide bonds. The van der Waals surface area contributed by atoms with Crippen molar-refractivity contribution in [1.82, 2.24) is 19.8 Å². The van der Waals surface area contributed by atoms with Crippen molar-refractivity contribution in [3.63, 3.8) is 0 Å². The Kier molecular flexibility index (Phi) is 6.00. The second-order valence-electron chi connectivity index (χ2n) is 8.93. The fourth-order valence-electron chi connectivity index (χ4n) is 5.24. The van der Waals surface area contributed by atoms with E-state index in [2.05, 4.69) is 77.8 Å². The van der Waals surface area contributed by atoms with E-state index in [1.54, 1.807) is 6.26 Å². The average Bonchev–Trinajstić information content (AvgIpc) is 3.54. The quantitative estimate of drug-likeness (QED) is 0.344. The van der Waals surface area contributed by atoms with Gasteiger partial charge in [0, 0.05) is 17.6 Å². The van der Waals surface area contributed by atoms with Crippen molar-refractivity contribution in [3.8, 4) is 5.69 Å². The molecule has 5 rings (SSSR count). The van der Waals surface area contributed by atoms with E-state index in [1.165, 1.54) is 33.8 Å². The maximum atomic E-state index is 5.84. The number of rotatable bonds is 6. The van der Waals surface area contributed by atoms with Crippen molar-refractivity contribution in [1.29, 1.82) is 0 Å². The topological polar surface area (TPSA) is 46.2 Å². The molecular formula is C28H30N4OS. The van der Waals surface area contributed by atoms with Crippen LogP contribution in [0, 0.1) is 20.8 Å². The summed E-state index contributed by atoms with van der Waals surface area (Å²) in [5, 5.41) is 4.27. The summed E-state index contributed by atoms with van der Waals surface area (Å²) in [6.07, 6.45) is 4.54. The summed E-state index contributed by atoms with van der Waals surface area (Å²) in [7, 11) is 0. The van der Waals surface area contributed by atoms with Crippen molar-refractivity contribution in [3.05, 3.63) is 107 Å². The molecule has 0 spiro atoms. The molecule has 1 aliphatic heterocycles. The van der Waals surface area contributed by atoms with Gasteiger partial charge in [-0.05, 0) is 86.4 Å². The number of para-hydroxylation sites is 1. The van der Waals surface area contributed by atoms with Gasteiger partial charge in [0.05, 0.1) is 36.3 Å². The number of aryl methyl sites for hydroxylation is 3. The first-order valence-electron chi connectivity index (χ1n) is 11.8. The van der Waals surface area contributed by atoms with E-state index in [4.69, 9.17) is 16.6 Å². The van der Waals surface area contributed by atoms with E-state index in [0.29, 0.717) is 11.7 Å². The van der Waals surface area contributed by atoms with Gasteiger partial charge in [-0.2, -0.15) is 0 Å². The largest absolute Gasteiger partial charge is 0.467 e. The summed E-state index contributed by atoms with van der Waals surface area (Å²) >= 11 is 5.84. The third-order valence-corrected chi connectivity index (χ3v) is 7.17. The van der Waals surface area contributed by atoms with Crippen LogP contribution in [0.4, 0.5) is 0 Å². The fraction of sp³-hybridized carbons (Fsp3) is 0.286. The monoisotopic (exact) mass is 470 g/mol. The lowest BCUT2D eigenvalue weighted by Crippen LogP contribution is -2.29. The summed E-state index contributed by atoms with van der Waals surface area (Å²) in [6, 6.07) is 18.8. The van der Waals surface area contributed by atoms with E-state index in [9.17, 15) is 0 Å². The fourth-order valence-corrected chi connectivity index (χ4v) is 5.55. The van der Waals surface area contributed by atoms with Crippen LogP contribution >= 0.6 is 12.2 Å². The minimum absolute atomic E-state index is 0.0125. The van der Waals surface area contributed by atoms with Crippen LogP contribution in [-0.2, 0) is 13.0 Å². The van der Waals surface area contributed by atoms with Gasteiger partial charge in [0.2, 0.25) is 0 Å². The van der Waals surface area contributed by atoms with Crippen molar-refractivity contribution in [2.75, 3.05) is 0 Å². The highest BCUT2D eigenvalue weighted by Crippen LogP contribution is 2.42. The van der Waals surface area contributed by atoms with Crippen molar-refractivity contribution in [2.45, 2.75) is 52.7 Å². The number of hydrogen-bond donors (Lipinski definition) is 1. The zero-order valence-corrected chi connectivity index (χ0v) is 20.9. The Balaban J connectivity index is 1.66. The van der Waals surface area contributed by atoms with Gasteiger partial charge in [-0.25, -0.2) is 0 Å². The molecule has 5 nitrogen and oxygen atoms in total. The Hall–Kier alpha value is -3.38. The smallest absolute Gasteiger partial charge is 0.170 e. The van der Waals surface area contributed by atoms with Crippen molar-refractivity contribution >= 4 is 17.3 Å². The molecule has 0 bridgehead atoms. The standard InChI is InChI=1S/C28H30N4OS/c1-5-21-11-8-10-18(2)26(21)32-19(3)16-23(20(32)4)27-25(24-13-6-7-14-29-24)30-28(34)31(27)17-22-12-9-15-33-22/h6-16,25,27H,5,17H2,1-4H3,(H,30,34). The Labute approximate surface area is 206 Å². The summed E-state index contributed by atoms with van der Waals surface area (Å²) in [5.41, 5.74) is 8.58. The van der Waals surface area contributed by atoms with E-state index in [0.717, 1.165) is 17.9 Å². The third-order valence-electron chi connectivity index (χ3n) is 6.82. The Morgan fingerprint density at radius 1 is 1.06 bits per heavy atom. The van der Waals surface area contributed by atoms with Gasteiger partial charge >= 0.3 is 0 Å². The number of furan rings is 1. The molecule has 1 aliphatic rings. The molecule has 2 atom stereocenters. The van der Waals surface area contributed by atoms with Crippen LogP contribution in [-0.4, -0.2) is 19.6 Å². The van der Waals surface area contributed by atoms with E-state index >= 15 is 0 Å². The van der Waals surface area contributed by atoms with Crippen LogP contribution in [0.25, 0.3) is 5.69 Å². The van der Waals surface area contributed by atoms with Crippen LogP contribution in [0.3, 0.4) is 0 Å². The molecule has 0 aliphatic carbocycles. The third kappa shape index (κ3) is 3.82. The molecule has 0 radical (unpaired) electrons. The van der Waals surface area contributed by atoms with Crippen molar-refractivity contribution in [2.24, 2.45) is 0 Å². The first-order valence-corrected chi connectivity index (χ1v) is 12.2. The van der Waals surface area contributed by atoms with Crippen LogP contribution in [0.5, 0.6) is 0 Å². The molecule has 6 heteroatoms. The molecule has 0 saturated carbocycles. The number of thiocarbonyl (C=S) groups is 1. The molecule has 1 aromatic carbocycles. The summed E-state index contributed by atoms with van der Waals surface area (Å²) in [6.45, 7) is 9.42. The summed E-state index contributed by atoms with van der Waals surface area (Å²) < 4.78 is 8.10. The number of pyridine rings is 1. The number of hydrogen-bond acceptors (Lipinski definition) is 3. The predicted molar refractivity (Wildman–Crippen MR) is 139 cm³/mol. The first kappa shape index (κ1) is 22.4. The minimum atomic E-state index is -0.0554.